The maximum atomic E-state index is 10.8. The highest BCUT2D eigenvalue weighted by atomic mass is 16.6. The fourth-order valence-corrected chi connectivity index (χ4v) is 1.06. The summed E-state index contributed by atoms with van der Waals surface area (Å²) in [5.74, 6) is 0.0372. The second kappa shape index (κ2) is 29.5. The van der Waals surface area contributed by atoms with Crippen molar-refractivity contribution in [2.24, 2.45) is 0 Å². The van der Waals surface area contributed by atoms with Gasteiger partial charge in [-0.05, 0) is 13.8 Å². The van der Waals surface area contributed by atoms with E-state index in [1.54, 1.807) is 38.5 Å². The summed E-state index contributed by atoms with van der Waals surface area (Å²) in [4.78, 5) is 21.7. The topological polar surface area (TPSA) is 52.6 Å². The number of carbonyl (C=O) groups excluding carboxylic acids is 2. The average Bonchev–Trinajstić information content (AvgIpc) is 2.31. The summed E-state index contributed by atoms with van der Waals surface area (Å²) in [6, 6.07) is 6.66. The first-order valence-electron chi connectivity index (χ1n) is 5.12. The van der Waals surface area contributed by atoms with Gasteiger partial charge < -0.3 is 9.47 Å². The van der Waals surface area contributed by atoms with Crippen LogP contribution in [0, 0.1) is 0 Å². The van der Waals surface area contributed by atoms with E-state index in [1.807, 2.05) is 0 Å². The maximum absolute atomic E-state index is 10.8. The van der Waals surface area contributed by atoms with Crippen molar-refractivity contribution in [3.63, 3.8) is 0 Å². The van der Waals surface area contributed by atoms with Crippen molar-refractivity contribution in [3.8, 4) is 0 Å². The predicted octanol–water partition coefficient (Wildman–Crippen LogP) is 6.78. The Balaban J connectivity index is -0.0000000323. The Morgan fingerprint density at radius 3 is 0.958 bits per heavy atom. The van der Waals surface area contributed by atoms with Crippen molar-refractivity contribution in [1.82, 2.24) is 0 Å². The van der Waals surface area contributed by atoms with Crippen LogP contribution in [0.2, 0.25) is 0 Å². The first-order chi connectivity index (χ1) is 8.02. The molecule has 0 spiro atoms. The van der Waals surface area contributed by atoms with E-state index in [0.717, 1.165) is 0 Å². The fraction of sp³-hybridized carbons (Fsp3) is 0.600. The summed E-state index contributed by atoms with van der Waals surface area (Å²) in [5, 5.41) is 0. The molecule has 0 unspecified atom stereocenters. The number of Topliss-reactive ketones (excluding diaryl/α,β-unsaturated/α-hetero) is 2. The molecule has 0 aliphatic carbocycles. The fourth-order valence-electron chi connectivity index (χ4n) is 1.06. The van der Waals surface area contributed by atoms with E-state index in [1.165, 1.54) is 13.8 Å². The Morgan fingerprint density at radius 2 is 0.875 bits per heavy atom. The zero-order valence-electron chi connectivity index (χ0n) is 10.6. The lowest BCUT2D eigenvalue weighted by Gasteiger charge is -1.96. The van der Waals surface area contributed by atoms with E-state index in [0.29, 0.717) is 17.9 Å². The molecule has 0 saturated carbocycles. The van der Waals surface area contributed by atoms with Gasteiger partial charge >= 0.3 is 0 Å². The third-order valence-corrected chi connectivity index (χ3v) is 1.93. The summed E-state index contributed by atoms with van der Waals surface area (Å²) >= 11 is 0. The van der Waals surface area contributed by atoms with Crippen LogP contribution in [0.15, 0.2) is 24.3 Å². The van der Waals surface area contributed by atoms with Crippen LogP contribution >= 0.6 is 0 Å². The van der Waals surface area contributed by atoms with Crippen LogP contribution in [-0.4, -0.2) is 32.6 Å². The highest BCUT2D eigenvalue weighted by molar-refractivity contribution is 5.97. The standard InChI is InChI=1S/C10H10O2.C3H8O2.7CH4/c1-7(11)9-3-5-10(6-4-9)8(2)12;1-4-3-5-2;;;;;;;/h3-6H,1-2H3;3H2,1-2H3;7*1H4. The van der Waals surface area contributed by atoms with Crippen LogP contribution in [0.3, 0.4) is 0 Å². The largest absolute Gasteiger partial charge is 0.359 e. The van der Waals surface area contributed by atoms with Gasteiger partial charge in [0.1, 0.15) is 6.79 Å². The second-order valence-corrected chi connectivity index (χ2v) is 3.38. The van der Waals surface area contributed by atoms with E-state index in [4.69, 9.17) is 0 Å². The normalized spacial score (nSPS) is 6.50. The summed E-state index contributed by atoms with van der Waals surface area (Å²) < 4.78 is 8.94. The van der Waals surface area contributed by atoms with Crippen molar-refractivity contribution in [2.45, 2.75) is 65.8 Å². The van der Waals surface area contributed by atoms with Crippen LogP contribution in [0.25, 0.3) is 0 Å². The number of ether oxygens (including phenoxy) is 2. The molecule has 0 atom stereocenters. The predicted molar refractivity (Wildman–Crippen MR) is 112 cm³/mol. The Bertz CT molecular complexity index is 321. The second-order valence-electron chi connectivity index (χ2n) is 3.38. The van der Waals surface area contributed by atoms with E-state index < -0.39 is 0 Å². The van der Waals surface area contributed by atoms with Crippen LogP contribution < -0.4 is 0 Å². The molecule has 0 bridgehead atoms. The molecule has 1 aromatic carbocycles. The highest BCUT2D eigenvalue weighted by Gasteiger charge is 2.00. The highest BCUT2D eigenvalue weighted by Crippen LogP contribution is 2.05. The molecule has 0 aliphatic heterocycles. The summed E-state index contributed by atoms with van der Waals surface area (Å²) in [5.41, 5.74) is 1.28. The van der Waals surface area contributed by atoms with Gasteiger partial charge in [-0.15, -0.1) is 0 Å². The lowest BCUT2D eigenvalue weighted by molar-refractivity contribution is -0.00272. The number of ketones is 2. The molecule has 0 saturated heterocycles. The Hall–Kier alpha value is -1.52. The monoisotopic (exact) mass is 350 g/mol. The molecule has 0 aromatic heterocycles. The molecule has 4 heteroatoms. The number of hydrogen-bond donors (Lipinski definition) is 0. The van der Waals surface area contributed by atoms with Crippen LogP contribution in [0.5, 0.6) is 0 Å². The molecule has 0 heterocycles. The summed E-state index contributed by atoms with van der Waals surface area (Å²) in [6.07, 6.45) is 0. The molecule has 1 aromatic rings. The zero-order chi connectivity index (χ0) is 13.3. The molecule has 24 heavy (non-hydrogen) atoms. The van der Waals surface area contributed by atoms with Gasteiger partial charge in [-0.25, -0.2) is 0 Å². The van der Waals surface area contributed by atoms with Gasteiger partial charge in [0.05, 0.1) is 0 Å². The van der Waals surface area contributed by atoms with E-state index >= 15 is 0 Å². The number of hydrogen-bond acceptors (Lipinski definition) is 4. The van der Waals surface area contributed by atoms with E-state index in [-0.39, 0.29) is 63.6 Å². The Morgan fingerprint density at radius 1 is 0.667 bits per heavy atom. The first-order valence-corrected chi connectivity index (χ1v) is 5.12. The molecule has 0 radical (unpaired) electrons. The van der Waals surface area contributed by atoms with E-state index in [9.17, 15) is 9.59 Å². The molecule has 1 rings (SSSR count). The number of methoxy groups -OCH3 is 2. The van der Waals surface area contributed by atoms with Gasteiger partial charge in [-0.1, -0.05) is 76.3 Å². The summed E-state index contributed by atoms with van der Waals surface area (Å²) in [6.45, 7) is 3.39. The molecule has 4 nitrogen and oxygen atoms in total. The number of carbonyl (C=O) groups is 2. The van der Waals surface area contributed by atoms with Crippen LogP contribution in [0.1, 0.15) is 86.6 Å². The maximum Gasteiger partial charge on any atom is 0.159 e. The first kappa shape index (κ1) is 49.5. The van der Waals surface area contributed by atoms with E-state index in [2.05, 4.69) is 9.47 Å². The Labute approximate surface area is 153 Å². The third kappa shape index (κ3) is 22.8. The van der Waals surface area contributed by atoms with Crippen molar-refractivity contribution in [2.75, 3.05) is 21.0 Å². The van der Waals surface area contributed by atoms with Crippen molar-refractivity contribution in [1.29, 1.82) is 0 Å². The zero-order valence-corrected chi connectivity index (χ0v) is 10.6. The minimum atomic E-state index is 0. The molecule has 150 valence electrons. The molecular weight excluding hydrogens is 304 g/mol. The minimum Gasteiger partial charge on any atom is -0.359 e. The van der Waals surface area contributed by atoms with Crippen LogP contribution in [0.4, 0.5) is 0 Å². The SMILES string of the molecule is C.C.C.C.C.C.C.CC(=O)c1ccc(C(C)=O)cc1.COCOC. The molecular formula is C20H46O4. The van der Waals surface area contributed by atoms with Gasteiger partial charge in [-0.2, -0.15) is 0 Å². The molecule has 0 fully saturated rings. The lowest BCUT2D eigenvalue weighted by Crippen LogP contribution is -1.95. The quantitative estimate of drug-likeness (QED) is 0.443. The van der Waals surface area contributed by atoms with Crippen molar-refractivity contribution in [3.05, 3.63) is 35.4 Å². The molecule has 0 aliphatic rings. The van der Waals surface area contributed by atoms with Crippen molar-refractivity contribution < 1.29 is 19.1 Å². The molecule has 0 N–H and O–H groups in total. The van der Waals surface area contributed by atoms with Gasteiger partial charge in [0, 0.05) is 25.3 Å². The third-order valence-electron chi connectivity index (χ3n) is 1.93. The van der Waals surface area contributed by atoms with Gasteiger partial charge in [0.25, 0.3) is 0 Å². The van der Waals surface area contributed by atoms with Crippen LogP contribution in [-0.2, 0) is 9.47 Å². The number of benzene rings is 1. The average molecular weight is 351 g/mol. The smallest absolute Gasteiger partial charge is 0.159 e. The van der Waals surface area contributed by atoms with Gasteiger partial charge in [0.15, 0.2) is 11.6 Å². The number of rotatable bonds is 4. The van der Waals surface area contributed by atoms with Gasteiger partial charge in [-0.3, -0.25) is 9.59 Å². The lowest BCUT2D eigenvalue weighted by atomic mass is 10.1. The minimum absolute atomic E-state index is 0. The summed E-state index contributed by atoms with van der Waals surface area (Å²) in [7, 11) is 3.17. The molecule has 0 amide bonds. The van der Waals surface area contributed by atoms with Gasteiger partial charge in [0.2, 0.25) is 0 Å². The van der Waals surface area contributed by atoms with Crippen molar-refractivity contribution >= 4 is 11.6 Å². The Kier molecular flexibility index (Phi) is 60.8.